The summed E-state index contributed by atoms with van der Waals surface area (Å²) in [6.07, 6.45) is 1.69. The van der Waals surface area contributed by atoms with Crippen LogP contribution in [-0.2, 0) is 4.74 Å². The summed E-state index contributed by atoms with van der Waals surface area (Å²) in [5, 5.41) is 5.82. The Morgan fingerprint density at radius 2 is 2.14 bits per heavy atom. The normalized spacial score (nSPS) is 17.3. The number of hydrogen-bond donors (Lipinski definition) is 2. The highest BCUT2D eigenvalue weighted by atomic mass is 16.5. The molecule has 0 bridgehead atoms. The third kappa shape index (κ3) is 4.96. The second-order valence-corrected chi connectivity index (χ2v) is 5.98. The summed E-state index contributed by atoms with van der Waals surface area (Å²) < 4.78 is 5.40. The third-order valence-electron chi connectivity index (χ3n) is 3.91. The molecule has 22 heavy (non-hydrogen) atoms. The number of ether oxygens (including phenoxy) is 1. The van der Waals surface area contributed by atoms with E-state index >= 15 is 0 Å². The van der Waals surface area contributed by atoms with Crippen LogP contribution in [0.4, 0.5) is 10.5 Å². The van der Waals surface area contributed by atoms with Crippen LogP contribution in [0.15, 0.2) is 18.3 Å². The maximum absolute atomic E-state index is 12.0. The molecular weight excluding hydrogens is 280 g/mol. The molecule has 0 unspecified atom stereocenters. The van der Waals surface area contributed by atoms with Crippen LogP contribution < -0.4 is 10.6 Å². The predicted octanol–water partition coefficient (Wildman–Crippen LogP) is 1.87. The van der Waals surface area contributed by atoms with E-state index in [0.717, 1.165) is 37.7 Å². The first-order chi connectivity index (χ1) is 10.6. The van der Waals surface area contributed by atoms with Crippen molar-refractivity contribution in [2.75, 3.05) is 38.2 Å². The van der Waals surface area contributed by atoms with E-state index in [0.29, 0.717) is 18.5 Å². The lowest BCUT2D eigenvalue weighted by molar-refractivity contribution is 0.00728. The van der Waals surface area contributed by atoms with Gasteiger partial charge in [0.1, 0.15) is 0 Å². The molecule has 1 saturated heterocycles. The topological polar surface area (TPSA) is 66.5 Å². The molecule has 0 saturated carbocycles. The molecule has 1 atom stereocenters. The lowest BCUT2D eigenvalue weighted by Crippen LogP contribution is -2.51. The summed E-state index contributed by atoms with van der Waals surface area (Å²) in [4.78, 5) is 18.6. The molecule has 6 nitrogen and oxygen atoms in total. The van der Waals surface area contributed by atoms with E-state index in [9.17, 15) is 4.79 Å². The first kappa shape index (κ1) is 16.7. The van der Waals surface area contributed by atoms with Crippen molar-refractivity contribution in [3.05, 3.63) is 24.0 Å². The molecule has 1 fully saturated rings. The molecule has 1 aromatic heterocycles. The Balaban J connectivity index is 1.84. The van der Waals surface area contributed by atoms with Crippen molar-refractivity contribution in [2.24, 2.45) is 5.92 Å². The summed E-state index contributed by atoms with van der Waals surface area (Å²) in [5.41, 5.74) is 1.64. The zero-order valence-corrected chi connectivity index (χ0v) is 13.6. The van der Waals surface area contributed by atoms with Gasteiger partial charge in [0.15, 0.2) is 0 Å². The number of urea groups is 1. The molecule has 2 amide bonds. The Labute approximate surface area is 132 Å². The van der Waals surface area contributed by atoms with Crippen LogP contribution in [0.25, 0.3) is 0 Å². The van der Waals surface area contributed by atoms with Gasteiger partial charge in [-0.1, -0.05) is 13.8 Å². The van der Waals surface area contributed by atoms with Crippen LogP contribution in [0.5, 0.6) is 0 Å². The number of nitrogens with zero attached hydrogens (tertiary/aromatic N) is 2. The number of morpholine rings is 1. The molecule has 2 heterocycles. The van der Waals surface area contributed by atoms with Crippen LogP contribution in [0, 0.1) is 12.8 Å². The van der Waals surface area contributed by atoms with E-state index < -0.39 is 0 Å². The number of aromatic nitrogens is 1. The standard InChI is InChI=1S/C16H26N4O2/c1-12(2)15(20-6-8-22-9-7-20)11-18-16(21)19-14-4-5-17-13(3)10-14/h4-5,10,12,15H,6-9,11H2,1-3H3,(H2,17,18,19,21)/t15-/m0/s1. The van der Waals surface area contributed by atoms with Gasteiger partial charge in [-0.15, -0.1) is 0 Å². The van der Waals surface area contributed by atoms with Gasteiger partial charge in [0, 0.05) is 43.3 Å². The van der Waals surface area contributed by atoms with Crippen molar-refractivity contribution >= 4 is 11.7 Å². The summed E-state index contributed by atoms with van der Waals surface area (Å²) >= 11 is 0. The second-order valence-electron chi connectivity index (χ2n) is 5.98. The van der Waals surface area contributed by atoms with Crippen molar-refractivity contribution in [3.63, 3.8) is 0 Å². The molecule has 1 aliphatic heterocycles. The van der Waals surface area contributed by atoms with Crippen LogP contribution >= 0.6 is 0 Å². The zero-order valence-electron chi connectivity index (χ0n) is 13.6. The monoisotopic (exact) mass is 306 g/mol. The molecule has 0 aromatic carbocycles. The number of carbonyl (C=O) groups excluding carboxylic acids is 1. The number of amides is 2. The van der Waals surface area contributed by atoms with Gasteiger partial charge < -0.3 is 15.4 Å². The highest BCUT2D eigenvalue weighted by molar-refractivity contribution is 5.89. The average molecular weight is 306 g/mol. The summed E-state index contributed by atoms with van der Waals surface area (Å²) in [5.74, 6) is 0.474. The molecule has 1 aromatic rings. The van der Waals surface area contributed by atoms with Gasteiger partial charge in [-0.3, -0.25) is 9.88 Å². The fourth-order valence-corrected chi connectivity index (χ4v) is 2.69. The first-order valence-electron chi connectivity index (χ1n) is 7.85. The minimum Gasteiger partial charge on any atom is -0.379 e. The quantitative estimate of drug-likeness (QED) is 0.871. The number of anilines is 1. The lowest BCUT2D eigenvalue weighted by atomic mass is 10.0. The Bertz CT molecular complexity index is 487. The van der Waals surface area contributed by atoms with Gasteiger partial charge in [0.05, 0.1) is 13.2 Å². The highest BCUT2D eigenvalue weighted by Crippen LogP contribution is 2.12. The number of rotatable bonds is 5. The smallest absolute Gasteiger partial charge is 0.319 e. The summed E-state index contributed by atoms with van der Waals surface area (Å²) in [6.45, 7) is 10.3. The van der Waals surface area contributed by atoms with Gasteiger partial charge >= 0.3 is 6.03 Å². The van der Waals surface area contributed by atoms with E-state index in [1.54, 1.807) is 12.3 Å². The number of hydrogen-bond acceptors (Lipinski definition) is 4. The second kappa shape index (κ2) is 8.10. The van der Waals surface area contributed by atoms with Gasteiger partial charge in [0.2, 0.25) is 0 Å². The van der Waals surface area contributed by atoms with E-state index in [1.165, 1.54) is 0 Å². The lowest BCUT2D eigenvalue weighted by Gasteiger charge is -2.36. The van der Waals surface area contributed by atoms with Crippen molar-refractivity contribution in [1.82, 2.24) is 15.2 Å². The van der Waals surface area contributed by atoms with Crippen LogP contribution in [-0.4, -0.2) is 54.8 Å². The average Bonchev–Trinajstić information content (AvgIpc) is 2.48. The zero-order chi connectivity index (χ0) is 15.9. The number of carbonyl (C=O) groups is 1. The first-order valence-corrected chi connectivity index (χ1v) is 7.85. The largest absolute Gasteiger partial charge is 0.379 e. The molecule has 0 spiro atoms. The summed E-state index contributed by atoms with van der Waals surface area (Å²) in [7, 11) is 0. The molecule has 6 heteroatoms. The maximum atomic E-state index is 12.0. The molecule has 0 radical (unpaired) electrons. The van der Waals surface area contributed by atoms with Gasteiger partial charge in [-0.05, 0) is 25.0 Å². The Hall–Kier alpha value is -1.66. The van der Waals surface area contributed by atoms with E-state index in [1.807, 2.05) is 13.0 Å². The Kier molecular flexibility index (Phi) is 6.15. The van der Waals surface area contributed by atoms with E-state index in [-0.39, 0.29) is 6.03 Å². The molecule has 2 N–H and O–H groups in total. The summed E-state index contributed by atoms with van der Waals surface area (Å²) in [6, 6.07) is 3.79. The SMILES string of the molecule is Cc1cc(NC(=O)NC[C@@H](C(C)C)N2CCOCC2)ccn1. The van der Waals surface area contributed by atoms with Crippen molar-refractivity contribution in [1.29, 1.82) is 0 Å². The van der Waals surface area contributed by atoms with Crippen molar-refractivity contribution in [2.45, 2.75) is 26.8 Å². The van der Waals surface area contributed by atoms with Crippen molar-refractivity contribution in [3.8, 4) is 0 Å². The third-order valence-corrected chi connectivity index (χ3v) is 3.91. The van der Waals surface area contributed by atoms with E-state index in [2.05, 4.69) is 34.4 Å². The number of pyridine rings is 1. The Morgan fingerprint density at radius 3 is 2.77 bits per heavy atom. The number of aryl methyl sites for hydroxylation is 1. The minimum atomic E-state index is -0.176. The predicted molar refractivity (Wildman–Crippen MR) is 87.0 cm³/mol. The molecule has 2 rings (SSSR count). The van der Waals surface area contributed by atoms with E-state index in [4.69, 9.17) is 4.74 Å². The van der Waals surface area contributed by atoms with Gasteiger partial charge in [-0.2, -0.15) is 0 Å². The highest BCUT2D eigenvalue weighted by Gasteiger charge is 2.24. The molecule has 122 valence electrons. The number of nitrogens with one attached hydrogen (secondary N) is 2. The van der Waals surface area contributed by atoms with Gasteiger partial charge in [0.25, 0.3) is 0 Å². The Morgan fingerprint density at radius 1 is 1.41 bits per heavy atom. The molecule has 1 aliphatic rings. The molecular formula is C16H26N4O2. The van der Waals surface area contributed by atoms with Crippen molar-refractivity contribution < 1.29 is 9.53 Å². The maximum Gasteiger partial charge on any atom is 0.319 e. The fourth-order valence-electron chi connectivity index (χ4n) is 2.69. The van der Waals surface area contributed by atoms with Crippen LogP contribution in [0.3, 0.4) is 0 Å². The fraction of sp³-hybridized carbons (Fsp3) is 0.625. The minimum absolute atomic E-state index is 0.176. The van der Waals surface area contributed by atoms with Crippen LogP contribution in [0.2, 0.25) is 0 Å². The van der Waals surface area contributed by atoms with Crippen LogP contribution in [0.1, 0.15) is 19.5 Å². The van der Waals surface area contributed by atoms with Gasteiger partial charge in [-0.25, -0.2) is 4.79 Å². The molecule has 0 aliphatic carbocycles.